The highest BCUT2D eigenvalue weighted by Crippen LogP contribution is 2.15. The fourth-order valence-corrected chi connectivity index (χ4v) is 2.77. The number of aryl methyl sites for hydroxylation is 2. The van der Waals surface area contributed by atoms with Gasteiger partial charge in [0.1, 0.15) is 5.82 Å². The molecule has 2 aromatic carbocycles. The zero-order valence-electron chi connectivity index (χ0n) is 13.4. The summed E-state index contributed by atoms with van der Waals surface area (Å²) in [7, 11) is 0. The van der Waals surface area contributed by atoms with Crippen molar-refractivity contribution < 1.29 is 9.18 Å². The molecule has 1 heterocycles. The Balaban J connectivity index is 1.71. The highest BCUT2D eigenvalue weighted by Gasteiger charge is 2.08. The zero-order chi connectivity index (χ0) is 18.0. The summed E-state index contributed by atoms with van der Waals surface area (Å²) in [6.45, 7) is 1.84. The van der Waals surface area contributed by atoms with Crippen molar-refractivity contribution in [1.82, 2.24) is 9.55 Å². The first-order chi connectivity index (χ1) is 11.9. The van der Waals surface area contributed by atoms with Crippen LogP contribution in [0.4, 0.5) is 10.1 Å². The average Bonchev–Trinajstić information content (AvgIpc) is 2.58. The number of carbonyl (C=O) groups excluding carboxylic acids is 1. The molecular weight excluding hydrogens is 389 g/mol. The molecule has 0 atom stereocenters. The molecule has 0 fully saturated rings. The predicted octanol–water partition coefficient (Wildman–Crippen LogP) is 3.64. The van der Waals surface area contributed by atoms with Crippen molar-refractivity contribution in [3.63, 3.8) is 0 Å². The SMILES string of the molecule is Cc1ccc(NC(=O)CCn2cnc3ccc(Br)cc3c2=O)cc1F. The van der Waals surface area contributed by atoms with Gasteiger partial charge in [-0.25, -0.2) is 9.37 Å². The number of anilines is 1. The van der Waals surface area contributed by atoms with Gasteiger partial charge in [-0.05, 0) is 42.8 Å². The van der Waals surface area contributed by atoms with Crippen LogP contribution in [-0.4, -0.2) is 15.5 Å². The molecule has 25 heavy (non-hydrogen) atoms. The van der Waals surface area contributed by atoms with Crippen molar-refractivity contribution in [3.05, 3.63) is 68.9 Å². The molecule has 128 valence electrons. The molecule has 0 aliphatic heterocycles. The number of amides is 1. The van der Waals surface area contributed by atoms with Crippen LogP contribution in [0.2, 0.25) is 0 Å². The second-order valence-electron chi connectivity index (χ2n) is 5.67. The molecule has 0 aliphatic carbocycles. The molecule has 0 saturated heterocycles. The van der Waals surface area contributed by atoms with Gasteiger partial charge in [-0.3, -0.25) is 14.2 Å². The molecule has 0 radical (unpaired) electrons. The lowest BCUT2D eigenvalue weighted by atomic mass is 10.2. The third-order valence-corrected chi connectivity index (χ3v) is 4.31. The van der Waals surface area contributed by atoms with Gasteiger partial charge in [0.15, 0.2) is 0 Å². The first-order valence-corrected chi connectivity index (χ1v) is 8.44. The molecular formula is C18H15BrFN3O2. The topological polar surface area (TPSA) is 64.0 Å². The van der Waals surface area contributed by atoms with Gasteiger partial charge in [0.05, 0.1) is 17.2 Å². The van der Waals surface area contributed by atoms with E-state index in [4.69, 9.17) is 0 Å². The van der Waals surface area contributed by atoms with Gasteiger partial charge < -0.3 is 5.32 Å². The second-order valence-corrected chi connectivity index (χ2v) is 6.58. The van der Waals surface area contributed by atoms with Gasteiger partial charge in [0.2, 0.25) is 5.91 Å². The maximum Gasteiger partial charge on any atom is 0.261 e. The first kappa shape index (κ1) is 17.3. The molecule has 0 bridgehead atoms. The first-order valence-electron chi connectivity index (χ1n) is 7.65. The number of halogens is 2. The van der Waals surface area contributed by atoms with Crippen molar-refractivity contribution in [2.24, 2.45) is 0 Å². The minimum absolute atomic E-state index is 0.0800. The number of nitrogens with one attached hydrogen (secondary N) is 1. The van der Waals surface area contributed by atoms with Crippen molar-refractivity contribution in [2.75, 3.05) is 5.32 Å². The summed E-state index contributed by atoms with van der Waals surface area (Å²) in [6, 6.07) is 9.78. The average molecular weight is 404 g/mol. The van der Waals surface area contributed by atoms with Crippen molar-refractivity contribution in [1.29, 1.82) is 0 Å². The highest BCUT2D eigenvalue weighted by molar-refractivity contribution is 9.10. The lowest BCUT2D eigenvalue weighted by Gasteiger charge is -2.08. The van der Waals surface area contributed by atoms with Crippen LogP contribution in [0.25, 0.3) is 10.9 Å². The molecule has 7 heteroatoms. The molecule has 1 N–H and O–H groups in total. The van der Waals surface area contributed by atoms with E-state index >= 15 is 0 Å². The number of benzene rings is 2. The summed E-state index contributed by atoms with van der Waals surface area (Å²) in [5, 5.41) is 3.11. The lowest BCUT2D eigenvalue weighted by Crippen LogP contribution is -2.23. The Hall–Kier alpha value is -2.54. The van der Waals surface area contributed by atoms with E-state index in [1.165, 1.54) is 17.0 Å². The Morgan fingerprint density at radius 2 is 2.08 bits per heavy atom. The van der Waals surface area contributed by atoms with Gasteiger partial charge >= 0.3 is 0 Å². The highest BCUT2D eigenvalue weighted by atomic mass is 79.9. The smallest absolute Gasteiger partial charge is 0.261 e. The van der Waals surface area contributed by atoms with Crippen LogP contribution in [0.15, 0.2) is 52.0 Å². The van der Waals surface area contributed by atoms with Crippen LogP contribution < -0.4 is 10.9 Å². The van der Waals surface area contributed by atoms with Crippen LogP contribution in [0.5, 0.6) is 0 Å². The maximum absolute atomic E-state index is 13.5. The van der Waals surface area contributed by atoms with Crippen molar-refractivity contribution >= 4 is 38.4 Å². The van der Waals surface area contributed by atoms with Crippen LogP contribution in [0.3, 0.4) is 0 Å². The molecule has 3 rings (SSSR count). The Morgan fingerprint density at radius 1 is 1.28 bits per heavy atom. The monoisotopic (exact) mass is 403 g/mol. The van der Waals surface area contributed by atoms with E-state index in [-0.39, 0.29) is 30.2 Å². The number of nitrogens with zero attached hydrogens (tertiary/aromatic N) is 2. The van der Waals surface area contributed by atoms with E-state index in [9.17, 15) is 14.0 Å². The van der Waals surface area contributed by atoms with Crippen LogP contribution in [0.1, 0.15) is 12.0 Å². The maximum atomic E-state index is 13.5. The van der Waals surface area contributed by atoms with E-state index in [0.717, 1.165) is 4.47 Å². The quantitative estimate of drug-likeness (QED) is 0.723. The predicted molar refractivity (Wildman–Crippen MR) is 98.1 cm³/mol. The number of hydrogen-bond acceptors (Lipinski definition) is 3. The van der Waals surface area contributed by atoms with Crippen molar-refractivity contribution in [3.8, 4) is 0 Å². The van der Waals surface area contributed by atoms with E-state index in [2.05, 4.69) is 26.2 Å². The standard InChI is InChI=1S/C18H15BrFN3O2/c1-11-2-4-13(9-15(11)20)22-17(24)6-7-23-10-21-16-5-3-12(19)8-14(16)18(23)25/h2-5,8-10H,6-7H2,1H3,(H,22,24). The van der Waals surface area contributed by atoms with Crippen LogP contribution in [0, 0.1) is 12.7 Å². The van der Waals surface area contributed by atoms with E-state index in [0.29, 0.717) is 22.2 Å². The normalized spacial score (nSPS) is 10.8. The molecule has 0 unspecified atom stereocenters. The minimum Gasteiger partial charge on any atom is -0.326 e. The molecule has 1 aromatic heterocycles. The van der Waals surface area contributed by atoms with Gasteiger partial charge in [-0.2, -0.15) is 0 Å². The Morgan fingerprint density at radius 3 is 2.84 bits per heavy atom. The van der Waals surface area contributed by atoms with E-state index < -0.39 is 0 Å². The van der Waals surface area contributed by atoms with E-state index in [1.807, 2.05) is 6.07 Å². The zero-order valence-corrected chi connectivity index (χ0v) is 15.0. The fourth-order valence-electron chi connectivity index (χ4n) is 2.41. The largest absolute Gasteiger partial charge is 0.326 e. The van der Waals surface area contributed by atoms with Crippen molar-refractivity contribution in [2.45, 2.75) is 19.9 Å². The summed E-state index contributed by atoms with van der Waals surface area (Å²) < 4.78 is 15.7. The summed E-state index contributed by atoms with van der Waals surface area (Å²) >= 11 is 3.33. The molecule has 5 nitrogen and oxygen atoms in total. The van der Waals surface area contributed by atoms with Gasteiger partial charge in [0.25, 0.3) is 5.56 Å². The summed E-state index contributed by atoms with van der Waals surface area (Å²) in [5.41, 5.74) is 1.29. The molecule has 0 aliphatic rings. The fraction of sp³-hybridized carbons (Fsp3) is 0.167. The molecule has 0 saturated carbocycles. The Labute approximate surface area is 151 Å². The van der Waals surface area contributed by atoms with Gasteiger partial charge in [-0.1, -0.05) is 22.0 Å². The number of carbonyl (C=O) groups is 1. The third kappa shape index (κ3) is 3.93. The van der Waals surface area contributed by atoms with Gasteiger partial charge in [0, 0.05) is 23.1 Å². The summed E-state index contributed by atoms with van der Waals surface area (Å²) in [6.07, 6.45) is 1.51. The molecule has 3 aromatic rings. The summed E-state index contributed by atoms with van der Waals surface area (Å²) in [5.74, 6) is -0.678. The number of aromatic nitrogens is 2. The summed E-state index contributed by atoms with van der Waals surface area (Å²) in [4.78, 5) is 28.7. The number of fused-ring (bicyclic) bond motifs is 1. The Bertz CT molecular complexity index is 1020. The van der Waals surface area contributed by atoms with Crippen LogP contribution >= 0.6 is 15.9 Å². The Kier molecular flexibility index (Phi) is 4.94. The van der Waals surface area contributed by atoms with Crippen LogP contribution in [-0.2, 0) is 11.3 Å². The number of hydrogen-bond donors (Lipinski definition) is 1. The molecule has 1 amide bonds. The van der Waals surface area contributed by atoms with E-state index in [1.54, 1.807) is 31.2 Å². The third-order valence-electron chi connectivity index (χ3n) is 3.82. The second kappa shape index (κ2) is 7.14. The number of rotatable bonds is 4. The lowest BCUT2D eigenvalue weighted by molar-refractivity contribution is -0.116. The molecule has 0 spiro atoms. The minimum atomic E-state index is -0.377. The van der Waals surface area contributed by atoms with Gasteiger partial charge in [-0.15, -0.1) is 0 Å².